The topological polar surface area (TPSA) is 60.6 Å². The van der Waals surface area contributed by atoms with Crippen molar-refractivity contribution in [2.75, 3.05) is 33.4 Å². The largest absolute Gasteiger partial charge is 0.381 e. The zero-order valence-electron chi connectivity index (χ0n) is 13.8. The number of hydrogen-bond acceptors (Lipinski definition) is 3. The number of guanidine groups is 1. The van der Waals surface area contributed by atoms with E-state index >= 15 is 0 Å². The molecule has 1 aromatic rings. The van der Waals surface area contributed by atoms with Gasteiger partial charge in [0.15, 0.2) is 5.96 Å². The quantitative estimate of drug-likeness (QED) is 0.445. The first-order chi connectivity index (χ1) is 10.8. The van der Waals surface area contributed by atoms with Crippen LogP contribution in [0.3, 0.4) is 0 Å². The van der Waals surface area contributed by atoms with E-state index in [0.29, 0.717) is 18.0 Å². The first-order valence-electron chi connectivity index (χ1n) is 7.79. The van der Waals surface area contributed by atoms with Crippen LogP contribution in [0, 0.1) is 17.2 Å². The molecule has 1 saturated heterocycles. The summed E-state index contributed by atoms with van der Waals surface area (Å²) in [5, 5.41) is 12.2. The number of benzene rings is 1. The normalized spacial score (nSPS) is 17.5. The van der Waals surface area contributed by atoms with Gasteiger partial charge in [0.05, 0.1) is 18.2 Å². The van der Waals surface area contributed by atoms with E-state index in [4.69, 9.17) is 10.00 Å². The van der Waals surface area contributed by atoms with E-state index in [-0.39, 0.29) is 24.0 Å². The molecule has 0 bridgehead atoms. The number of halogens is 1. The molecule has 1 aromatic carbocycles. The number of rotatable bonds is 5. The summed E-state index contributed by atoms with van der Waals surface area (Å²) in [6, 6.07) is 9.76. The monoisotopic (exact) mass is 428 g/mol. The van der Waals surface area contributed by atoms with Crippen LogP contribution in [0.25, 0.3) is 0 Å². The lowest BCUT2D eigenvalue weighted by Crippen LogP contribution is -2.39. The van der Waals surface area contributed by atoms with Crippen LogP contribution >= 0.6 is 24.0 Å². The summed E-state index contributed by atoms with van der Waals surface area (Å²) in [4.78, 5) is 6.66. The predicted octanol–water partition coefficient (Wildman–Crippen LogP) is 2.61. The van der Waals surface area contributed by atoms with Crippen LogP contribution in [0.5, 0.6) is 0 Å². The minimum atomic E-state index is 0. The standard InChI is InChI=1S/C17H24N4O.HI/c1-3-22-13-16-8-9-21(12-16)17(19-2)20-11-15-6-4-14(10-18)5-7-15;/h4-7,16H,3,8-9,11-13H2,1-2H3,(H,19,20);1H. The number of nitrogens with zero attached hydrogens (tertiary/aromatic N) is 3. The third-order valence-corrected chi connectivity index (χ3v) is 3.89. The Morgan fingerprint density at radius 1 is 1.43 bits per heavy atom. The van der Waals surface area contributed by atoms with Gasteiger partial charge in [-0.15, -0.1) is 24.0 Å². The highest BCUT2D eigenvalue weighted by Crippen LogP contribution is 2.16. The lowest BCUT2D eigenvalue weighted by molar-refractivity contribution is 0.114. The Morgan fingerprint density at radius 2 is 2.17 bits per heavy atom. The lowest BCUT2D eigenvalue weighted by Gasteiger charge is -2.21. The zero-order valence-corrected chi connectivity index (χ0v) is 16.1. The molecule has 0 aliphatic carbocycles. The van der Waals surface area contributed by atoms with Gasteiger partial charge in [0, 0.05) is 39.2 Å². The summed E-state index contributed by atoms with van der Waals surface area (Å²) >= 11 is 0. The van der Waals surface area contributed by atoms with E-state index in [1.54, 1.807) is 0 Å². The van der Waals surface area contributed by atoms with Gasteiger partial charge < -0.3 is 15.0 Å². The summed E-state index contributed by atoms with van der Waals surface area (Å²) < 4.78 is 5.52. The highest BCUT2D eigenvalue weighted by molar-refractivity contribution is 14.0. The minimum absolute atomic E-state index is 0. The van der Waals surface area contributed by atoms with Gasteiger partial charge in [0.1, 0.15) is 0 Å². The molecule has 0 aromatic heterocycles. The van der Waals surface area contributed by atoms with Gasteiger partial charge in [-0.2, -0.15) is 5.26 Å². The van der Waals surface area contributed by atoms with Crippen LogP contribution in [0.1, 0.15) is 24.5 Å². The van der Waals surface area contributed by atoms with Crippen molar-refractivity contribution in [3.05, 3.63) is 35.4 Å². The SMILES string of the molecule is CCOCC1CCN(C(=NC)NCc2ccc(C#N)cc2)C1.I. The summed E-state index contributed by atoms with van der Waals surface area (Å²) in [6.07, 6.45) is 1.15. The Morgan fingerprint density at radius 3 is 2.78 bits per heavy atom. The summed E-state index contributed by atoms with van der Waals surface area (Å²) in [6.45, 7) is 6.37. The minimum Gasteiger partial charge on any atom is -0.381 e. The van der Waals surface area contributed by atoms with Crippen molar-refractivity contribution in [3.8, 4) is 6.07 Å². The highest BCUT2D eigenvalue weighted by atomic mass is 127. The summed E-state index contributed by atoms with van der Waals surface area (Å²) in [5.41, 5.74) is 1.83. The second-order valence-corrected chi connectivity index (χ2v) is 5.47. The zero-order chi connectivity index (χ0) is 15.8. The first kappa shape index (κ1) is 19.7. The van der Waals surface area contributed by atoms with Crippen molar-refractivity contribution in [2.24, 2.45) is 10.9 Å². The number of nitriles is 1. The third kappa shape index (κ3) is 5.99. The molecule has 1 aliphatic rings. The molecule has 1 fully saturated rings. The van der Waals surface area contributed by atoms with Crippen LogP contribution in [0.4, 0.5) is 0 Å². The third-order valence-electron chi connectivity index (χ3n) is 3.89. The molecule has 0 amide bonds. The number of likely N-dealkylation sites (tertiary alicyclic amines) is 1. The second kappa shape index (κ2) is 10.4. The molecular weight excluding hydrogens is 403 g/mol. The Kier molecular flexibility index (Phi) is 8.95. The number of ether oxygens (including phenoxy) is 1. The molecular formula is C17H25IN4O. The van der Waals surface area contributed by atoms with Crippen molar-refractivity contribution in [2.45, 2.75) is 19.9 Å². The Bertz CT molecular complexity index is 539. The van der Waals surface area contributed by atoms with Gasteiger partial charge in [-0.05, 0) is 31.0 Å². The Labute approximate surface area is 155 Å². The average Bonchev–Trinajstić information content (AvgIpc) is 3.03. The van der Waals surface area contributed by atoms with E-state index in [0.717, 1.165) is 44.2 Å². The summed E-state index contributed by atoms with van der Waals surface area (Å²) in [5.74, 6) is 1.52. The van der Waals surface area contributed by atoms with E-state index in [1.807, 2.05) is 38.2 Å². The molecule has 0 radical (unpaired) electrons. The molecule has 1 N–H and O–H groups in total. The van der Waals surface area contributed by atoms with Crippen molar-refractivity contribution < 1.29 is 4.74 Å². The van der Waals surface area contributed by atoms with Gasteiger partial charge in [-0.3, -0.25) is 4.99 Å². The van der Waals surface area contributed by atoms with Gasteiger partial charge in [-0.1, -0.05) is 12.1 Å². The van der Waals surface area contributed by atoms with E-state index in [2.05, 4.69) is 21.3 Å². The van der Waals surface area contributed by atoms with Crippen LogP contribution in [-0.2, 0) is 11.3 Å². The maximum atomic E-state index is 8.81. The summed E-state index contributed by atoms with van der Waals surface area (Å²) in [7, 11) is 1.82. The molecule has 0 spiro atoms. The fourth-order valence-corrected chi connectivity index (χ4v) is 2.66. The van der Waals surface area contributed by atoms with Gasteiger partial charge in [0.25, 0.3) is 0 Å². The molecule has 5 nitrogen and oxygen atoms in total. The van der Waals surface area contributed by atoms with Gasteiger partial charge >= 0.3 is 0 Å². The van der Waals surface area contributed by atoms with Crippen LogP contribution in [0.15, 0.2) is 29.3 Å². The fourth-order valence-electron chi connectivity index (χ4n) is 2.66. The number of aliphatic imine (C=N–C) groups is 1. The van der Waals surface area contributed by atoms with E-state index in [9.17, 15) is 0 Å². The highest BCUT2D eigenvalue weighted by Gasteiger charge is 2.24. The predicted molar refractivity (Wildman–Crippen MR) is 103 cm³/mol. The first-order valence-corrected chi connectivity index (χ1v) is 7.79. The number of hydrogen-bond donors (Lipinski definition) is 1. The maximum Gasteiger partial charge on any atom is 0.193 e. The molecule has 6 heteroatoms. The average molecular weight is 428 g/mol. The van der Waals surface area contributed by atoms with Crippen molar-refractivity contribution in [1.82, 2.24) is 10.2 Å². The van der Waals surface area contributed by atoms with E-state index < -0.39 is 0 Å². The van der Waals surface area contributed by atoms with Crippen LogP contribution in [-0.4, -0.2) is 44.2 Å². The van der Waals surface area contributed by atoms with Crippen LogP contribution < -0.4 is 5.32 Å². The smallest absolute Gasteiger partial charge is 0.193 e. The molecule has 0 saturated carbocycles. The van der Waals surface area contributed by atoms with Gasteiger partial charge in [-0.25, -0.2) is 0 Å². The van der Waals surface area contributed by atoms with Crippen molar-refractivity contribution in [3.63, 3.8) is 0 Å². The molecule has 2 rings (SSSR count). The van der Waals surface area contributed by atoms with Gasteiger partial charge in [0.2, 0.25) is 0 Å². The Hall–Kier alpha value is -1.33. The molecule has 23 heavy (non-hydrogen) atoms. The van der Waals surface area contributed by atoms with E-state index in [1.165, 1.54) is 0 Å². The Balaban J connectivity index is 0.00000264. The molecule has 126 valence electrons. The fraction of sp³-hybridized carbons (Fsp3) is 0.529. The van der Waals surface area contributed by atoms with Crippen molar-refractivity contribution >= 4 is 29.9 Å². The maximum absolute atomic E-state index is 8.81. The molecule has 1 aliphatic heterocycles. The molecule has 1 heterocycles. The van der Waals surface area contributed by atoms with Crippen molar-refractivity contribution in [1.29, 1.82) is 5.26 Å². The molecule has 1 atom stereocenters. The second-order valence-electron chi connectivity index (χ2n) is 5.47. The molecule has 1 unspecified atom stereocenters. The van der Waals surface area contributed by atoms with Crippen LogP contribution in [0.2, 0.25) is 0 Å². The lowest BCUT2D eigenvalue weighted by atomic mass is 10.1. The number of nitrogens with one attached hydrogen (secondary N) is 1.